The molecule has 0 fully saturated rings. The number of hydrogen-bond acceptors (Lipinski definition) is 3. The molecule has 0 aliphatic carbocycles. The van der Waals surface area contributed by atoms with Gasteiger partial charge in [0.25, 0.3) is 0 Å². The summed E-state index contributed by atoms with van der Waals surface area (Å²) in [4.78, 5) is 10.2. The molecule has 0 spiro atoms. The molecule has 0 rings (SSSR count). The molecular formula is C18H31KO3. The summed E-state index contributed by atoms with van der Waals surface area (Å²) in [6.45, 7) is 2.21. The Morgan fingerprint density at radius 3 is 2.45 bits per heavy atom. The maximum absolute atomic E-state index is 10.2. The second kappa shape index (κ2) is 19.6. The number of carboxylic acids is 1. The SMILES string of the molecule is CCCCC/C=C\C/C=C\CC(O)CCCCCC(=O)[O-].[K+]. The number of hydrogen-bond donors (Lipinski definition) is 1. The van der Waals surface area contributed by atoms with Crippen molar-refractivity contribution in [3.63, 3.8) is 0 Å². The average Bonchev–Trinajstić information content (AvgIpc) is 2.45. The number of aliphatic hydroxyl groups is 1. The minimum absolute atomic E-state index is 0. The van der Waals surface area contributed by atoms with E-state index >= 15 is 0 Å². The van der Waals surface area contributed by atoms with Gasteiger partial charge in [0.05, 0.1) is 6.10 Å². The Kier molecular flexibility index (Phi) is 22.1. The summed E-state index contributed by atoms with van der Waals surface area (Å²) in [5.41, 5.74) is 0. The molecule has 0 aromatic rings. The number of carbonyl (C=O) groups is 1. The maximum Gasteiger partial charge on any atom is 1.00 e. The normalized spacial score (nSPS) is 12.6. The van der Waals surface area contributed by atoms with Crippen molar-refractivity contribution in [2.24, 2.45) is 0 Å². The average molecular weight is 335 g/mol. The quantitative estimate of drug-likeness (QED) is 0.286. The van der Waals surface area contributed by atoms with Crippen molar-refractivity contribution < 1.29 is 66.4 Å². The van der Waals surface area contributed by atoms with E-state index < -0.39 is 5.97 Å². The summed E-state index contributed by atoms with van der Waals surface area (Å²) < 4.78 is 0. The first-order valence-electron chi connectivity index (χ1n) is 8.34. The van der Waals surface area contributed by atoms with Crippen molar-refractivity contribution in [1.82, 2.24) is 0 Å². The Balaban J connectivity index is 0. The van der Waals surface area contributed by atoms with Gasteiger partial charge >= 0.3 is 51.4 Å². The van der Waals surface area contributed by atoms with Gasteiger partial charge in [0.1, 0.15) is 0 Å². The number of carbonyl (C=O) groups excluding carboxylic acids is 1. The number of allylic oxidation sites excluding steroid dienone is 3. The van der Waals surface area contributed by atoms with E-state index in [-0.39, 0.29) is 63.9 Å². The molecule has 0 radical (unpaired) electrons. The molecule has 0 bridgehead atoms. The first-order valence-corrected chi connectivity index (χ1v) is 8.34. The van der Waals surface area contributed by atoms with E-state index in [9.17, 15) is 15.0 Å². The van der Waals surface area contributed by atoms with Crippen LogP contribution in [0.5, 0.6) is 0 Å². The fourth-order valence-corrected chi connectivity index (χ4v) is 2.10. The number of carboxylic acid groups (broad SMARTS) is 1. The number of aliphatic hydroxyl groups excluding tert-OH is 1. The molecule has 0 aromatic heterocycles. The van der Waals surface area contributed by atoms with Crippen LogP contribution in [0.4, 0.5) is 0 Å². The number of rotatable bonds is 14. The molecule has 0 aromatic carbocycles. The van der Waals surface area contributed by atoms with Gasteiger partial charge in [-0.3, -0.25) is 0 Å². The molecule has 4 heteroatoms. The van der Waals surface area contributed by atoms with Gasteiger partial charge < -0.3 is 15.0 Å². The van der Waals surface area contributed by atoms with Crippen LogP contribution in [-0.2, 0) is 4.79 Å². The van der Waals surface area contributed by atoms with E-state index in [1.165, 1.54) is 19.3 Å². The van der Waals surface area contributed by atoms with Gasteiger partial charge in [-0.25, -0.2) is 0 Å². The second-order valence-corrected chi connectivity index (χ2v) is 5.54. The summed E-state index contributed by atoms with van der Waals surface area (Å²) >= 11 is 0. The molecule has 3 nitrogen and oxygen atoms in total. The van der Waals surface area contributed by atoms with Gasteiger partial charge in [0.15, 0.2) is 0 Å². The third-order valence-corrected chi connectivity index (χ3v) is 3.41. The van der Waals surface area contributed by atoms with E-state index in [2.05, 4.69) is 25.2 Å². The fraction of sp³-hybridized carbons (Fsp3) is 0.722. The summed E-state index contributed by atoms with van der Waals surface area (Å²) in [5.74, 6) is -0.985. The molecule has 0 aliphatic heterocycles. The third-order valence-electron chi connectivity index (χ3n) is 3.41. The van der Waals surface area contributed by atoms with Crippen LogP contribution in [-0.4, -0.2) is 17.2 Å². The van der Waals surface area contributed by atoms with Crippen LogP contribution in [0.1, 0.15) is 77.6 Å². The number of unbranched alkanes of at least 4 members (excludes halogenated alkanes) is 5. The van der Waals surface area contributed by atoms with E-state index in [1.807, 2.05) is 6.08 Å². The standard InChI is InChI=1S/C18H32O3.K/c1-2-3-4-5-6-7-8-9-11-14-17(19)15-12-10-13-16-18(20)21;/h6-7,9,11,17,19H,2-5,8,10,12-16H2,1H3,(H,20,21);/q;+1/p-1/b7-6-,11-9-;. The zero-order valence-corrected chi connectivity index (χ0v) is 17.6. The topological polar surface area (TPSA) is 60.4 Å². The fourth-order valence-electron chi connectivity index (χ4n) is 2.10. The number of aliphatic carboxylic acids is 1. The minimum atomic E-state index is -0.985. The van der Waals surface area contributed by atoms with Crippen LogP contribution >= 0.6 is 0 Å². The van der Waals surface area contributed by atoms with Gasteiger partial charge in [-0.15, -0.1) is 0 Å². The first kappa shape index (κ1) is 24.8. The van der Waals surface area contributed by atoms with Crippen molar-refractivity contribution in [3.05, 3.63) is 24.3 Å². The molecule has 0 heterocycles. The van der Waals surface area contributed by atoms with Crippen LogP contribution < -0.4 is 56.5 Å². The monoisotopic (exact) mass is 334 g/mol. The molecule has 1 unspecified atom stereocenters. The summed E-state index contributed by atoms with van der Waals surface area (Å²) in [5, 5.41) is 20.0. The third kappa shape index (κ3) is 20.5. The van der Waals surface area contributed by atoms with Crippen LogP contribution in [0, 0.1) is 0 Å². The summed E-state index contributed by atoms with van der Waals surface area (Å²) in [7, 11) is 0. The molecule has 0 saturated carbocycles. The molecular weight excluding hydrogens is 303 g/mol. The molecule has 1 atom stereocenters. The molecule has 1 N–H and O–H groups in total. The van der Waals surface area contributed by atoms with E-state index in [1.54, 1.807) is 0 Å². The predicted molar refractivity (Wildman–Crippen MR) is 85.8 cm³/mol. The zero-order valence-electron chi connectivity index (χ0n) is 14.4. The smallest absolute Gasteiger partial charge is 0.550 e. The van der Waals surface area contributed by atoms with Gasteiger partial charge in [0.2, 0.25) is 0 Å². The Morgan fingerprint density at radius 1 is 1.05 bits per heavy atom. The predicted octanol–water partition coefficient (Wildman–Crippen LogP) is 0.525. The summed E-state index contributed by atoms with van der Waals surface area (Å²) in [6, 6.07) is 0. The largest absolute Gasteiger partial charge is 1.00 e. The van der Waals surface area contributed by atoms with Gasteiger partial charge in [-0.1, -0.05) is 56.9 Å². The molecule has 0 amide bonds. The Bertz CT molecular complexity index is 301. The Labute approximate surface area is 178 Å². The van der Waals surface area contributed by atoms with E-state index in [0.29, 0.717) is 12.8 Å². The van der Waals surface area contributed by atoms with Crippen molar-refractivity contribution >= 4 is 5.97 Å². The van der Waals surface area contributed by atoms with E-state index in [4.69, 9.17) is 0 Å². The maximum atomic E-state index is 10.2. The van der Waals surface area contributed by atoms with Gasteiger partial charge in [-0.2, -0.15) is 0 Å². The van der Waals surface area contributed by atoms with Crippen LogP contribution in [0.15, 0.2) is 24.3 Å². The summed E-state index contributed by atoms with van der Waals surface area (Å²) in [6.07, 6.45) is 18.1. The molecule has 122 valence electrons. The molecule has 0 saturated heterocycles. The van der Waals surface area contributed by atoms with Crippen LogP contribution in [0.2, 0.25) is 0 Å². The Morgan fingerprint density at radius 2 is 1.77 bits per heavy atom. The van der Waals surface area contributed by atoms with Crippen molar-refractivity contribution in [3.8, 4) is 0 Å². The van der Waals surface area contributed by atoms with Gasteiger partial charge in [0, 0.05) is 5.97 Å². The van der Waals surface area contributed by atoms with Crippen LogP contribution in [0.3, 0.4) is 0 Å². The van der Waals surface area contributed by atoms with Crippen LogP contribution in [0.25, 0.3) is 0 Å². The zero-order chi connectivity index (χ0) is 15.8. The Hall–Kier alpha value is 0.546. The van der Waals surface area contributed by atoms with Crippen molar-refractivity contribution in [1.29, 1.82) is 0 Å². The first-order chi connectivity index (χ1) is 10.2. The van der Waals surface area contributed by atoms with E-state index in [0.717, 1.165) is 32.1 Å². The second-order valence-electron chi connectivity index (χ2n) is 5.54. The minimum Gasteiger partial charge on any atom is -0.550 e. The van der Waals surface area contributed by atoms with Gasteiger partial charge in [-0.05, 0) is 44.9 Å². The van der Waals surface area contributed by atoms with Crippen molar-refractivity contribution in [2.45, 2.75) is 83.7 Å². The molecule has 0 aliphatic rings. The van der Waals surface area contributed by atoms with Crippen molar-refractivity contribution in [2.75, 3.05) is 0 Å². The molecule has 22 heavy (non-hydrogen) atoms.